The topological polar surface area (TPSA) is 68.9 Å². The maximum atomic E-state index is 9.65. The minimum atomic E-state index is 0.000648. The first-order valence-electron chi connectivity index (χ1n) is 7.51. The number of nitrogens with zero attached hydrogens (tertiary/aromatic N) is 2. The highest BCUT2D eigenvalue weighted by Gasteiger charge is 2.16. The third kappa shape index (κ3) is 4.08. The fourth-order valence-corrected chi connectivity index (χ4v) is 2.42. The Hall–Kier alpha value is -2.47. The Balaban J connectivity index is 2.29. The van der Waals surface area contributed by atoms with Gasteiger partial charge in [-0.1, -0.05) is 18.2 Å². The standard InChI is InChI=1S/C18H21N3O2S/c1-12(2)21(18(19)14-6-4-5-7-17(14)24)20-11-13-8-9-15(22)16(10-13)23-3/h4-12,19,22,24H,1-3H3/b19-18?,20-11+. The molecule has 2 aromatic rings. The summed E-state index contributed by atoms with van der Waals surface area (Å²) >= 11 is 4.41. The molecule has 0 radical (unpaired) electrons. The van der Waals surface area contributed by atoms with Crippen LogP contribution in [0.15, 0.2) is 52.5 Å². The Morgan fingerprint density at radius 3 is 2.62 bits per heavy atom. The molecule has 0 atom stereocenters. The van der Waals surface area contributed by atoms with Crippen LogP contribution >= 0.6 is 12.6 Å². The number of methoxy groups -OCH3 is 1. The molecule has 0 heterocycles. The lowest BCUT2D eigenvalue weighted by Gasteiger charge is -2.24. The van der Waals surface area contributed by atoms with E-state index in [2.05, 4.69) is 17.7 Å². The van der Waals surface area contributed by atoms with E-state index in [-0.39, 0.29) is 17.6 Å². The molecule has 0 aromatic heterocycles. The largest absolute Gasteiger partial charge is 0.504 e. The number of nitrogens with one attached hydrogen (secondary N) is 1. The molecule has 0 bridgehead atoms. The predicted octanol–water partition coefficient (Wildman–Crippen LogP) is 3.76. The number of phenolic OH excluding ortho intramolecular Hbond substituents is 1. The van der Waals surface area contributed by atoms with Gasteiger partial charge in [0.25, 0.3) is 0 Å². The van der Waals surface area contributed by atoms with Gasteiger partial charge in [0, 0.05) is 16.5 Å². The van der Waals surface area contributed by atoms with Crippen LogP contribution in [0.25, 0.3) is 0 Å². The Bertz CT molecular complexity index is 760. The first-order valence-corrected chi connectivity index (χ1v) is 7.96. The average Bonchev–Trinajstić information content (AvgIpc) is 2.56. The molecule has 0 fully saturated rings. The number of benzene rings is 2. The number of hydrogen-bond acceptors (Lipinski definition) is 5. The lowest BCUT2D eigenvalue weighted by molar-refractivity contribution is 0.367. The van der Waals surface area contributed by atoms with E-state index in [4.69, 9.17) is 10.1 Å². The van der Waals surface area contributed by atoms with Crippen LogP contribution in [0.3, 0.4) is 0 Å². The summed E-state index contributed by atoms with van der Waals surface area (Å²) in [7, 11) is 1.50. The SMILES string of the molecule is COc1cc(/C=N/N(C(=N)c2ccccc2S)C(C)C)ccc1O. The molecule has 0 saturated carbocycles. The van der Waals surface area contributed by atoms with Gasteiger partial charge in [0.05, 0.1) is 13.3 Å². The van der Waals surface area contributed by atoms with Crippen molar-refractivity contribution >= 4 is 24.7 Å². The lowest BCUT2D eigenvalue weighted by atomic mass is 10.2. The second-order valence-corrected chi connectivity index (χ2v) is 5.96. The third-order valence-electron chi connectivity index (χ3n) is 3.41. The van der Waals surface area contributed by atoms with Crippen LogP contribution in [-0.2, 0) is 0 Å². The molecule has 0 amide bonds. The van der Waals surface area contributed by atoms with Crippen LogP contribution in [0.2, 0.25) is 0 Å². The van der Waals surface area contributed by atoms with Crippen LogP contribution in [0.5, 0.6) is 11.5 Å². The van der Waals surface area contributed by atoms with Crippen molar-refractivity contribution in [2.45, 2.75) is 24.8 Å². The summed E-state index contributed by atoms with van der Waals surface area (Å²) in [6, 6.07) is 12.4. The maximum Gasteiger partial charge on any atom is 0.161 e. The quantitative estimate of drug-likeness (QED) is 0.335. The van der Waals surface area contributed by atoms with Crippen molar-refractivity contribution in [3.63, 3.8) is 0 Å². The molecule has 6 heteroatoms. The number of phenols is 1. The van der Waals surface area contributed by atoms with Gasteiger partial charge in [0.15, 0.2) is 11.5 Å². The molecule has 126 valence electrons. The van der Waals surface area contributed by atoms with E-state index >= 15 is 0 Å². The second-order valence-electron chi connectivity index (χ2n) is 5.48. The smallest absolute Gasteiger partial charge is 0.161 e. The van der Waals surface area contributed by atoms with E-state index in [1.165, 1.54) is 7.11 Å². The van der Waals surface area contributed by atoms with Crippen LogP contribution in [0, 0.1) is 5.41 Å². The molecule has 0 aliphatic heterocycles. The van der Waals surface area contributed by atoms with E-state index in [9.17, 15) is 5.11 Å². The minimum absolute atomic E-state index is 0.000648. The number of aromatic hydroxyl groups is 1. The fourth-order valence-electron chi connectivity index (χ4n) is 2.15. The Kier molecular flexibility index (Phi) is 5.87. The second kappa shape index (κ2) is 7.88. The Morgan fingerprint density at radius 2 is 2.00 bits per heavy atom. The summed E-state index contributed by atoms with van der Waals surface area (Å²) in [5, 5.41) is 24.1. The first kappa shape index (κ1) is 17.9. The summed E-state index contributed by atoms with van der Waals surface area (Å²) in [4.78, 5) is 0.731. The zero-order chi connectivity index (χ0) is 17.7. The Morgan fingerprint density at radius 1 is 1.29 bits per heavy atom. The maximum absolute atomic E-state index is 9.65. The van der Waals surface area contributed by atoms with Gasteiger partial charge >= 0.3 is 0 Å². The summed E-state index contributed by atoms with van der Waals surface area (Å²) in [5.74, 6) is 0.732. The molecule has 24 heavy (non-hydrogen) atoms. The summed E-state index contributed by atoms with van der Waals surface area (Å²) in [6.07, 6.45) is 1.64. The zero-order valence-corrected chi connectivity index (χ0v) is 14.8. The third-order valence-corrected chi connectivity index (χ3v) is 3.80. The number of hydrogen-bond donors (Lipinski definition) is 3. The van der Waals surface area contributed by atoms with Crippen molar-refractivity contribution in [2.24, 2.45) is 5.10 Å². The predicted molar refractivity (Wildman–Crippen MR) is 99.8 cm³/mol. The average molecular weight is 343 g/mol. The van der Waals surface area contributed by atoms with Gasteiger partial charge in [0.1, 0.15) is 5.84 Å². The monoisotopic (exact) mass is 343 g/mol. The van der Waals surface area contributed by atoms with Gasteiger partial charge in [0.2, 0.25) is 0 Å². The van der Waals surface area contributed by atoms with Crippen molar-refractivity contribution < 1.29 is 9.84 Å². The van der Waals surface area contributed by atoms with E-state index in [0.717, 1.165) is 16.0 Å². The fraction of sp³-hybridized carbons (Fsp3) is 0.222. The number of rotatable bonds is 5. The number of ether oxygens (including phenoxy) is 1. The van der Waals surface area contributed by atoms with Crippen molar-refractivity contribution in [3.8, 4) is 11.5 Å². The summed E-state index contributed by atoms with van der Waals surface area (Å²) in [6.45, 7) is 3.93. The van der Waals surface area contributed by atoms with Gasteiger partial charge in [-0.05, 0) is 43.7 Å². The number of hydrazone groups is 1. The summed E-state index contributed by atoms with van der Waals surface area (Å²) in [5.41, 5.74) is 1.48. The first-order chi connectivity index (χ1) is 11.4. The van der Waals surface area contributed by atoms with Crippen LogP contribution in [0.4, 0.5) is 0 Å². The molecule has 0 spiro atoms. The van der Waals surface area contributed by atoms with Crippen molar-refractivity contribution in [1.82, 2.24) is 5.01 Å². The zero-order valence-electron chi connectivity index (χ0n) is 13.9. The van der Waals surface area contributed by atoms with E-state index in [1.807, 2.05) is 38.1 Å². The van der Waals surface area contributed by atoms with Gasteiger partial charge in [-0.3, -0.25) is 5.41 Å². The van der Waals surface area contributed by atoms with E-state index in [0.29, 0.717) is 5.75 Å². The van der Waals surface area contributed by atoms with Crippen LogP contribution in [0.1, 0.15) is 25.0 Å². The number of thiol groups is 1. The molecule has 0 aliphatic carbocycles. The van der Waals surface area contributed by atoms with Crippen LogP contribution < -0.4 is 4.74 Å². The normalized spacial score (nSPS) is 11.0. The molecule has 2 aromatic carbocycles. The van der Waals surface area contributed by atoms with Gasteiger partial charge in [-0.25, -0.2) is 5.01 Å². The highest BCUT2D eigenvalue weighted by molar-refractivity contribution is 7.80. The highest BCUT2D eigenvalue weighted by Crippen LogP contribution is 2.25. The molecule has 0 saturated heterocycles. The van der Waals surface area contributed by atoms with Gasteiger partial charge in [-0.15, -0.1) is 12.6 Å². The van der Waals surface area contributed by atoms with E-state index in [1.54, 1.807) is 29.4 Å². The van der Waals surface area contributed by atoms with Gasteiger partial charge < -0.3 is 9.84 Å². The minimum Gasteiger partial charge on any atom is -0.504 e. The summed E-state index contributed by atoms with van der Waals surface area (Å²) < 4.78 is 5.09. The molecule has 0 unspecified atom stereocenters. The Labute approximate surface area is 147 Å². The van der Waals surface area contributed by atoms with Crippen molar-refractivity contribution in [3.05, 3.63) is 53.6 Å². The molecule has 0 aliphatic rings. The molecular formula is C18H21N3O2S. The lowest BCUT2D eigenvalue weighted by Crippen LogP contribution is -2.32. The van der Waals surface area contributed by atoms with Crippen molar-refractivity contribution in [1.29, 1.82) is 5.41 Å². The molecule has 2 N–H and O–H groups in total. The molecular weight excluding hydrogens is 322 g/mol. The van der Waals surface area contributed by atoms with Crippen molar-refractivity contribution in [2.75, 3.05) is 7.11 Å². The van der Waals surface area contributed by atoms with Gasteiger partial charge in [-0.2, -0.15) is 5.10 Å². The molecule has 2 rings (SSSR count). The van der Waals surface area contributed by atoms with Crippen LogP contribution in [-0.4, -0.2) is 35.3 Å². The molecule has 5 nitrogen and oxygen atoms in total. The number of amidine groups is 1. The highest BCUT2D eigenvalue weighted by atomic mass is 32.1. The van der Waals surface area contributed by atoms with E-state index < -0.39 is 0 Å².